The summed E-state index contributed by atoms with van der Waals surface area (Å²) in [6.07, 6.45) is 3.26. The average Bonchev–Trinajstić information content (AvgIpc) is 2.68. The van der Waals surface area contributed by atoms with E-state index in [-0.39, 0.29) is 5.41 Å². The molecule has 0 amide bonds. The molecule has 0 aliphatic heterocycles. The smallest absolute Gasteiger partial charge is 0.141 e. The molecule has 0 spiro atoms. The zero-order chi connectivity index (χ0) is 7.78. The van der Waals surface area contributed by atoms with E-state index in [2.05, 4.69) is 6.92 Å². The molecule has 1 nitrogen and oxygen atoms in total. The highest BCUT2D eigenvalue weighted by Gasteiger charge is 2.38. The number of ketones is 1. The fraction of sp³-hybridized carbons (Fsp3) is 0.889. The normalized spacial score (nSPS) is 19.1. The van der Waals surface area contributed by atoms with Crippen LogP contribution in [0.1, 0.15) is 40.0 Å². The number of rotatable bonds is 3. The van der Waals surface area contributed by atoms with Crippen LogP contribution in [0.25, 0.3) is 0 Å². The van der Waals surface area contributed by atoms with Gasteiger partial charge in [0.15, 0.2) is 0 Å². The lowest BCUT2D eigenvalue weighted by Gasteiger charge is -2.20. The minimum absolute atomic E-state index is 0.0544. The van der Waals surface area contributed by atoms with Crippen molar-refractivity contribution in [2.45, 2.75) is 40.0 Å². The summed E-state index contributed by atoms with van der Waals surface area (Å²) in [5, 5.41) is 0. The number of hydrogen-bond acceptors (Lipinski definition) is 1. The average molecular weight is 140 g/mol. The van der Waals surface area contributed by atoms with Gasteiger partial charge in [-0.05, 0) is 19.3 Å². The van der Waals surface area contributed by atoms with E-state index in [4.69, 9.17) is 0 Å². The fourth-order valence-corrected chi connectivity index (χ4v) is 1.07. The summed E-state index contributed by atoms with van der Waals surface area (Å²) in [5.41, 5.74) is -0.0544. The van der Waals surface area contributed by atoms with Gasteiger partial charge in [0.2, 0.25) is 0 Å². The van der Waals surface area contributed by atoms with Gasteiger partial charge in [-0.3, -0.25) is 4.79 Å². The molecule has 58 valence electrons. The Labute approximate surface area is 62.8 Å². The Hall–Kier alpha value is -0.330. The lowest BCUT2D eigenvalue weighted by molar-refractivity contribution is -0.128. The molecule has 0 unspecified atom stereocenters. The number of hydrogen-bond donors (Lipinski definition) is 0. The van der Waals surface area contributed by atoms with Crippen LogP contribution in [0, 0.1) is 11.3 Å². The summed E-state index contributed by atoms with van der Waals surface area (Å²) < 4.78 is 0. The highest BCUT2D eigenvalue weighted by molar-refractivity contribution is 5.88. The van der Waals surface area contributed by atoms with Gasteiger partial charge in [-0.2, -0.15) is 0 Å². The van der Waals surface area contributed by atoms with Gasteiger partial charge in [-0.15, -0.1) is 0 Å². The molecule has 0 aromatic heterocycles. The maximum atomic E-state index is 11.5. The Bertz CT molecular complexity index is 143. The van der Waals surface area contributed by atoms with Crippen LogP contribution in [0.5, 0.6) is 0 Å². The summed E-state index contributed by atoms with van der Waals surface area (Å²) in [6, 6.07) is 0. The van der Waals surface area contributed by atoms with Crippen molar-refractivity contribution in [3.05, 3.63) is 0 Å². The lowest BCUT2D eigenvalue weighted by atomic mass is 9.83. The molecule has 1 aliphatic rings. The van der Waals surface area contributed by atoms with Crippen LogP contribution in [0.4, 0.5) is 0 Å². The van der Waals surface area contributed by atoms with E-state index >= 15 is 0 Å². The summed E-state index contributed by atoms with van der Waals surface area (Å²) in [5.74, 6) is 0.907. The van der Waals surface area contributed by atoms with Crippen molar-refractivity contribution in [3.63, 3.8) is 0 Å². The first-order valence-corrected chi connectivity index (χ1v) is 4.12. The van der Waals surface area contributed by atoms with Gasteiger partial charge >= 0.3 is 0 Å². The van der Waals surface area contributed by atoms with E-state index in [0.717, 1.165) is 19.3 Å². The molecule has 0 saturated heterocycles. The maximum absolute atomic E-state index is 11.5. The van der Waals surface area contributed by atoms with E-state index in [1.807, 2.05) is 13.8 Å². The Kier molecular flexibility index (Phi) is 1.84. The Morgan fingerprint density at radius 3 is 2.30 bits per heavy atom. The molecule has 1 heteroatoms. The first-order chi connectivity index (χ1) is 4.58. The minimum atomic E-state index is -0.0544. The predicted molar refractivity (Wildman–Crippen MR) is 41.8 cm³/mol. The van der Waals surface area contributed by atoms with Crippen molar-refractivity contribution in [2.24, 2.45) is 11.3 Å². The molecule has 1 saturated carbocycles. The largest absolute Gasteiger partial charge is 0.299 e. The third-order valence-corrected chi connectivity index (χ3v) is 2.50. The number of Topliss-reactive ketones (excluding diaryl/α,β-unsaturated/α-hetero) is 1. The first-order valence-electron chi connectivity index (χ1n) is 4.12. The van der Waals surface area contributed by atoms with Crippen molar-refractivity contribution in [1.82, 2.24) is 0 Å². The molecule has 0 radical (unpaired) electrons. The Morgan fingerprint density at radius 1 is 1.50 bits per heavy atom. The monoisotopic (exact) mass is 140 g/mol. The van der Waals surface area contributed by atoms with Crippen LogP contribution in [0.3, 0.4) is 0 Å². The molecule has 1 rings (SSSR count). The molecule has 10 heavy (non-hydrogen) atoms. The molecule has 1 aliphatic carbocycles. The van der Waals surface area contributed by atoms with Gasteiger partial charge < -0.3 is 0 Å². The second-order valence-electron chi connectivity index (χ2n) is 3.88. The molecule has 1 fully saturated rings. The minimum Gasteiger partial charge on any atom is -0.299 e. The second-order valence-corrected chi connectivity index (χ2v) is 3.88. The highest BCUT2D eigenvalue weighted by Crippen LogP contribution is 2.38. The van der Waals surface area contributed by atoms with E-state index in [0.29, 0.717) is 11.7 Å². The van der Waals surface area contributed by atoms with Gasteiger partial charge in [-0.1, -0.05) is 20.8 Å². The van der Waals surface area contributed by atoms with E-state index in [1.165, 1.54) is 0 Å². The topological polar surface area (TPSA) is 17.1 Å². The van der Waals surface area contributed by atoms with E-state index in [9.17, 15) is 4.79 Å². The van der Waals surface area contributed by atoms with E-state index < -0.39 is 0 Å². The van der Waals surface area contributed by atoms with E-state index in [1.54, 1.807) is 0 Å². The summed E-state index contributed by atoms with van der Waals surface area (Å²) in [6.45, 7) is 6.18. The first kappa shape index (κ1) is 7.77. The summed E-state index contributed by atoms with van der Waals surface area (Å²) in [4.78, 5) is 11.5. The van der Waals surface area contributed by atoms with Gasteiger partial charge in [-0.25, -0.2) is 0 Å². The van der Waals surface area contributed by atoms with Crippen LogP contribution < -0.4 is 0 Å². The second kappa shape index (κ2) is 2.37. The molecule has 0 N–H and O–H groups in total. The van der Waals surface area contributed by atoms with Crippen LogP contribution in [-0.2, 0) is 4.79 Å². The van der Waals surface area contributed by atoms with Gasteiger partial charge in [0.25, 0.3) is 0 Å². The molecule has 0 bridgehead atoms. The zero-order valence-electron chi connectivity index (χ0n) is 7.11. The lowest BCUT2D eigenvalue weighted by Crippen LogP contribution is -2.24. The van der Waals surface area contributed by atoms with Crippen LogP contribution in [0.15, 0.2) is 0 Å². The van der Waals surface area contributed by atoms with Crippen LogP contribution in [-0.4, -0.2) is 5.78 Å². The standard InChI is InChI=1S/C9H16O/c1-4-9(2,3)8(10)7-5-6-7/h7H,4-6H2,1-3H3. The van der Waals surface area contributed by atoms with Crippen molar-refractivity contribution in [1.29, 1.82) is 0 Å². The quantitative estimate of drug-likeness (QED) is 0.588. The van der Waals surface area contributed by atoms with Gasteiger partial charge in [0.05, 0.1) is 0 Å². The van der Waals surface area contributed by atoms with Crippen molar-refractivity contribution in [3.8, 4) is 0 Å². The highest BCUT2D eigenvalue weighted by atomic mass is 16.1. The van der Waals surface area contributed by atoms with Crippen LogP contribution in [0.2, 0.25) is 0 Å². The SMILES string of the molecule is CCC(C)(C)C(=O)C1CC1. The summed E-state index contributed by atoms with van der Waals surface area (Å²) >= 11 is 0. The molecule has 0 aromatic carbocycles. The Morgan fingerprint density at radius 2 is 2.00 bits per heavy atom. The molecule has 0 heterocycles. The molecule has 0 atom stereocenters. The summed E-state index contributed by atoms with van der Waals surface area (Å²) in [7, 11) is 0. The third kappa shape index (κ3) is 1.39. The molecule has 0 aromatic rings. The zero-order valence-corrected chi connectivity index (χ0v) is 7.11. The molecular formula is C9H16O. The molecular weight excluding hydrogens is 124 g/mol. The van der Waals surface area contributed by atoms with Crippen molar-refractivity contribution >= 4 is 5.78 Å². The van der Waals surface area contributed by atoms with Crippen molar-refractivity contribution in [2.75, 3.05) is 0 Å². The van der Waals surface area contributed by atoms with Gasteiger partial charge in [0, 0.05) is 11.3 Å². The maximum Gasteiger partial charge on any atom is 0.141 e. The van der Waals surface area contributed by atoms with Crippen molar-refractivity contribution < 1.29 is 4.79 Å². The number of carbonyl (C=O) groups is 1. The number of carbonyl (C=O) groups excluding carboxylic acids is 1. The van der Waals surface area contributed by atoms with Crippen LogP contribution >= 0.6 is 0 Å². The fourth-order valence-electron chi connectivity index (χ4n) is 1.07. The Balaban J connectivity index is 2.52. The van der Waals surface area contributed by atoms with Gasteiger partial charge in [0.1, 0.15) is 5.78 Å². The predicted octanol–water partition coefficient (Wildman–Crippen LogP) is 2.40. The third-order valence-electron chi connectivity index (χ3n) is 2.50.